The number of hydrogen-bond donors (Lipinski definition) is 2. The number of nitriles is 1. The highest BCUT2D eigenvalue weighted by atomic mass is 19.4. The Bertz CT molecular complexity index is 1040. The molecule has 11 heteroatoms. The van der Waals surface area contributed by atoms with Crippen molar-refractivity contribution in [2.45, 2.75) is 6.18 Å². The molecule has 3 heterocycles. The van der Waals surface area contributed by atoms with Crippen molar-refractivity contribution < 1.29 is 18.0 Å². The third kappa shape index (κ3) is 3.39. The zero-order chi connectivity index (χ0) is 18.9. The molecule has 0 atom stereocenters. The lowest BCUT2D eigenvalue weighted by atomic mass is 10.2. The highest BCUT2D eigenvalue weighted by Crippen LogP contribution is 2.23. The van der Waals surface area contributed by atoms with Crippen molar-refractivity contribution in [1.82, 2.24) is 19.7 Å². The van der Waals surface area contributed by atoms with E-state index in [4.69, 9.17) is 11.0 Å². The second kappa shape index (κ2) is 6.32. The molecule has 0 radical (unpaired) electrons. The fourth-order valence-electron chi connectivity index (χ4n) is 2.25. The Kier molecular flexibility index (Phi) is 4.17. The maximum Gasteiger partial charge on any atom is 0.405 e. The summed E-state index contributed by atoms with van der Waals surface area (Å²) >= 11 is 0. The molecule has 0 saturated heterocycles. The molecular formula is C15H10F3N7O. The Hall–Kier alpha value is -3.68. The smallest absolute Gasteiger partial charge is 0.376 e. The van der Waals surface area contributed by atoms with E-state index in [0.717, 1.165) is 6.20 Å². The van der Waals surface area contributed by atoms with Crippen LogP contribution in [0.4, 0.5) is 18.9 Å². The maximum atomic E-state index is 12.5. The number of anilines is 1. The summed E-state index contributed by atoms with van der Waals surface area (Å²) in [6.45, 7) is -1.35. The number of fused-ring (bicyclic) bond motifs is 1. The van der Waals surface area contributed by atoms with Gasteiger partial charge >= 0.3 is 6.18 Å². The Morgan fingerprint density at radius 1 is 1.27 bits per heavy atom. The summed E-state index contributed by atoms with van der Waals surface area (Å²) in [5, 5.41) is 15.7. The van der Waals surface area contributed by atoms with Crippen LogP contribution in [-0.2, 0) is 0 Å². The van der Waals surface area contributed by atoms with Crippen molar-refractivity contribution >= 4 is 22.6 Å². The molecule has 132 valence electrons. The van der Waals surface area contributed by atoms with Gasteiger partial charge in [-0.2, -0.15) is 28.2 Å². The van der Waals surface area contributed by atoms with Crippen LogP contribution in [0, 0.1) is 11.3 Å². The van der Waals surface area contributed by atoms with Crippen LogP contribution in [0.1, 0.15) is 15.9 Å². The molecule has 0 fully saturated rings. The molecule has 0 bridgehead atoms. The van der Waals surface area contributed by atoms with E-state index in [1.54, 1.807) is 6.07 Å². The number of amides is 1. The van der Waals surface area contributed by atoms with Crippen molar-refractivity contribution in [2.75, 3.05) is 11.9 Å². The molecule has 0 aliphatic rings. The largest absolute Gasteiger partial charge is 0.405 e. The van der Waals surface area contributed by atoms with E-state index in [1.165, 1.54) is 23.1 Å². The molecule has 0 aromatic carbocycles. The quantitative estimate of drug-likeness (QED) is 0.730. The van der Waals surface area contributed by atoms with Crippen molar-refractivity contribution in [3.05, 3.63) is 41.9 Å². The standard InChI is InChI=1S/C15H10F3N7O/c16-15(17,18)7-23-11-2-12(21-6-10(11)13(20)26)25-14-9(5-24-25)1-8(3-19)4-22-14/h1-2,4-6H,7H2,(H2,20,26)(H,21,23). The molecule has 0 spiro atoms. The van der Waals surface area contributed by atoms with Gasteiger partial charge in [0, 0.05) is 23.8 Å². The van der Waals surface area contributed by atoms with Gasteiger partial charge in [0.1, 0.15) is 12.6 Å². The number of rotatable bonds is 4. The van der Waals surface area contributed by atoms with Crippen LogP contribution in [0.5, 0.6) is 0 Å². The fourth-order valence-corrected chi connectivity index (χ4v) is 2.25. The summed E-state index contributed by atoms with van der Waals surface area (Å²) in [6.07, 6.45) is -0.643. The van der Waals surface area contributed by atoms with Gasteiger partial charge in [0.05, 0.1) is 23.0 Å². The molecule has 3 aromatic rings. The first-order chi connectivity index (χ1) is 12.3. The first-order valence-electron chi connectivity index (χ1n) is 7.13. The number of nitrogens with two attached hydrogens (primary N) is 1. The van der Waals surface area contributed by atoms with Crippen LogP contribution >= 0.6 is 0 Å². The van der Waals surface area contributed by atoms with E-state index in [0.29, 0.717) is 16.6 Å². The predicted octanol–water partition coefficient (Wildman–Crippen LogP) is 1.76. The number of halogens is 3. The van der Waals surface area contributed by atoms with Gasteiger partial charge in [-0.3, -0.25) is 4.79 Å². The van der Waals surface area contributed by atoms with Crippen LogP contribution in [0.2, 0.25) is 0 Å². The fraction of sp³-hybridized carbons (Fsp3) is 0.133. The topological polar surface area (TPSA) is 123 Å². The molecule has 3 aromatic heterocycles. The summed E-state index contributed by atoms with van der Waals surface area (Å²) in [5.74, 6) is -0.789. The van der Waals surface area contributed by atoms with Gasteiger partial charge in [0.2, 0.25) is 0 Å². The van der Waals surface area contributed by atoms with E-state index in [-0.39, 0.29) is 17.1 Å². The van der Waals surface area contributed by atoms with Crippen LogP contribution in [0.15, 0.2) is 30.7 Å². The number of pyridine rings is 2. The maximum absolute atomic E-state index is 12.5. The minimum atomic E-state index is -4.48. The SMILES string of the molecule is N#Cc1cnc2c(cnn2-c2cc(NCC(F)(F)F)c(C(N)=O)cn2)c1. The Morgan fingerprint density at radius 3 is 2.69 bits per heavy atom. The van der Waals surface area contributed by atoms with Crippen LogP contribution < -0.4 is 11.1 Å². The summed E-state index contributed by atoms with van der Waals surface area (Å²) in [7, 11) is 0. The first-order valence-corrected chi connectivity index (χ1v) is 7.13. The Balaban J connectivity index is 2.06. The van der Waals surface area contributed by atoms with E-state index < -0.39 is 18.6 Å². The molecule has 3 rings (SSSR count). The average Bonchev–Trinajstić information content (AvgIpc) is 3.01. The lowest BCUT2D eigenvalue weighted by molar-refractivity contribution is -0.115. The zero-order valence-corrected chi connectivity index (χ0v) is 12.9. The summed E-state index contributed by atoms with van der Waals surface area (Å²) in [5.41, 5.74) is 5.55. The van der Waals surface area contributed by atoms with Crippen LogP contribution in [0.25, 0.3) is 16.9 Å². The molecule has 8 nitrogen and oxygen atoms in total. The number of aromatic nitrogens is 4. The lowest BCUT2D eigenvalue weighted by Crippen LogP contribution is -2.24. The second-order valence-corrected chi connectivity index (χ2v) is 5.23. The number of nitrogens with zero attached hydrogens (tertiary/aromatic N) is 5. The van der Waals surface area contributed by atoms with Gasteiger partial charge in [-0.05, 0) is 6.07 Å². The van der Waals surface area contributed by atoms with Gasteiger partial charge in [-0.25, -0.2) is 9.97 Å². The van der Waals surface area contributed by atoms with Gasteiger partial charge in [-0.1, -0.05) is 0 Å². The minimum Gasteiger partial charge on any atom is -0.376 e. The monoisotopic (exact) mass is 361 g/mol. The summed E-state index contributed by atoms with van der Waals surface area (Å²) in [4.78, 5) is 19.5. The lowest BCUT2D eigenvalue weighted by Gasteiger charge is -2.13. The Morgan fingerprint density at radius 2 is 2.04 bits per heavy atom. The predicted molar refractivity (Wildman–Crippen MR) is 84.4 cm³/mol. The van der Waals surface area contributed by atoms with Gasteiger partial charge in [0.25, 0.3) is 5.91 Å². The molecule has 1 amide bonds. The number of hydrogen-bond acceptors (Lipinski definition) is 6. The third-order valence-electron chi connectivity index (χ3n) is 3.39. The molecule has 3 N–H and O–H groups in total. The minimum absolute atomic E-state index is 0.128. The van der Waals surface area contributed by atoms with Gasteiger partial charge in [0.15, 0.2) is 11.5 Å². The van der Waals surface area contributed by atoms with Crippen molar-refractivity contribution in [3.8, 4) is 11.9 Å². The second-order valence-electron chi connectivity index (χ2n) is 5.23. The summed E-state index contributed by atoms with van der Waals surface area (Å²) < 4.78 is 38.7. The summed E-state index contributed by atoms with van der Waals surface area (Å²) in [6, 6.07) is 4.73. The van der Waals surface area contributed by atoms with E-state index in [2.05, 4.69) is 20.4 Å². The molecule has 26 heavy (non-hydrogen) atoms. The number of alkyl halides is 3. The number of carbonyl (C=O) groups is 1. The van der Waals surface area contributed by atoms with E-state index >= 15 is 0 Å². The highest BCUT2D eigenvalue weighted by Gasteiger charge is 2.27. The normalized spacial score (nSPS) is 11.3. The molecule has 0 unspecified atom stereocenters. The molecule has 0 saturated carbocycles. The van der Waals surface area contributed by atoms with Crippen molar-refractivity contribution in [3.63, 3.8) is 0 Å². The van der Waals surface area contributed by atoms with Crippen molar-refractivity contribution in [2.24, 2.45) is 5.73 Å². The van der Waals surface area contributed by atoms with E-state index in [1.807, 2.05) is 6.07 Å². The van der Waals surface area contributed by atoms with Crippen molar-refractivity contribution in [1.29, 1.82) is 5.26 Å². The third-order valence-corrected chi connectivity index (χ3v) is 3.39. The average molecular weight is 361 g/mol. The van der Waals surface area contributed by atoms with Crippen LogP contribution in [-0.4, -0.2) is 38.4 Å². The number of nitrogens with one attached hydrogen (secondary N) is 1. The molecular weight excluding hydrogens is 351 g/mol. The van der Waals surface area contributed by atoms with Gasteiger partial charge < -0.3 is 11.1 Å². The molecule has 0 aliphatic carbocycles. The Labute approximate surface area is 144 Å². The molecule has 0 aliphatic heterocycles. The van der Waals surface area contributed by atoms with Gasteiger partial charge in [-0.15, -0.1) is 0 Å². The van der Waals surface area contributed by atoms with E-state index in [9.17, 15) is 18.0 Å². The first kappa shape index (κ1) is 17.2. The number of carbonyl (C=O) groups excluding carboxylic acids is 1. The zero-order valence-electron chi connectivity index (χ0n) is 12.9. The van der Waals surface area contributed by atoms with Crippen LogP contribution in [0.3, 0.4) is 0 Å². The number of primary amides is 1. The highest BCUT2D eigenvalue weighted by molar-refractivity contribution is 5.98.